The summed E-state index contributed by atoms with van der Waals surface area (Å²) in [5.41, 5.74) is 8.08. The Balaban J connectivity index is 0.00000140. The molecule has 4 rings (SSSR count). The van der Waals surface area contributed by atoms with E-state index in [9.17, 15) is 9.59 Å². The number of fused-ring (bicyclic) bond motifs is 2. The molecule has 150 valence electrons. The summed E-state index contributed by atoms with van der Waals surface area (Å²) < 4.78 is 0. The van der Waals surface area contributed by atoms with Gasteiger partial charge in [0.05, 0.1) is 17.8 Å². The van der Waals surface area contributed by atoms with Crippen molar-refractivity contribution >= 4 is 48.0 Å². The SMILES string of the molecule is Cl.Cl.NC1C2CCC(C2)C1C(=O)Nc1ccc(C(=O)Nc2cccnc2)cc1. The van der Waals surface area contributed by atoms with Gasteiger partial charge in [-0.05, 0) is 67.5 Å². The summed E-state index contributed by atoms with van der Waals surface area (Å²) >= 11 is 0. The van der Waals surface area contributed by atoms with Crippen LogP contribution < -0.4 is 16.4 Å². The van der Waals surface area contributed by atoms with Gasteiger partial charge in [0.25, 0.3) is 5.91 Å². The molecule has 1 heterocycles. The Kier molecular flexibility index (Phi) is 7.41. The van der Waals surface area contributed by atoms with Crippen LogP contribution in [-0.2, 0) is 4.79 Å². The van der Waals surface area contributed by atoms with E-state index in [1.165, 1.54) is 0 Å². The molecule has 1 aromatic carbocycles. The summed E-state index contributed by atoms with van der Waals surface area (Å²) in [6.07, 6.45) is 6.56. The molecule has 4 unspecified atom stereocenters. The Morgan fingerprint density at radius 3 is 2.29 bits per heavy atom. The highest BCUT2D eigenvalue weighted by atomic mass is 35.5. The average Bonchev–Trinajstić information content (AvgIpc) is 3.24. The minimum Gasteiger partial charge on any atom is -0.327 e. The number of hydrogen-bond donors (Lipinski definition) is 3. The number of pyridine rings is 1. The third kappa shape index (κ3) is 4.46. The van der Waals surface area contributed by atoms with Crippen LogP contribution in [0.4, 0.5) is 11.4 Å². The lowest BCUT2D eigenvalue weighted by molar-refractivity contribution is -0.121. The molecular formula is C20H24Cl2N4O2. The minimum absolute atomic E-state index is 0. The molecular weight excluding hydrogens is 399 g/mol. The molecule has 28 heavy (non-hydrogen) atoms. The van der Waals surface area contributed by atoms with Gasteiger partial charge in [-0.2, -0.15) is 0 Å². The number of nitrogens with two attached hydrogens (primary N) is 1. The highest BCUT2D eigenvalue weighted by Gasteiger charge is 2.49. The summed E-state index contributed by atoms with van der Waals surface area (Å²) in [5, 5.41) is 5.74. The first-order valence-electron chi connectivity index (χ1n) is 9.00. The third-order valence-electron chi connectivity index (χ3n) is 5.62. The van der Waals surface area contributed by atoms with Crippen LogP contribution in [0.3, 0.4) is 0 Å². The Morgan fingerprint density at radius 2 is 1.68 bits per heavy atom. The number of aromatic nitrogens is 1. The van der Waals surface area contributed by atoms with Gasteiger partial charge >= 0.3 is 0 Å². The van der Waals surface area contributed by atoms with Gasteiger partial charge in [0.2, 0.25) is 5.91 Å². The molecule has 4 N–H and O–H groups in total. The zero-order valence-electron chi connectivity index (χ0n) is 15.2. The van der Waals surface area contributed by atoms with E-state index in [4.69, 9.17) is 5.73 Å². The second-order valence-corrected chi connectivity index (χ2v) is 7.20. The highest BCUT2D eigenvalue weighted by molar-refractivity contribution is 6.04. The van der Waals surface area contributed by atoms with Gasteiger partial charge in [-0.15, -0.1) is 24.8 Å². The van der Waals surface area contributed by atoms with E-state index < -0.39 is 0 Å². The predicted molar refractivity (Wildman–Crippen MR) is 114 cm³/mol. The van der Waals surface area contributed by atoms with Crippen molar-refractivity contribution in [2.45, 2.75) is 25.3 Å². The highest BCUT2D eigenvalue weighted by Crippen LogP contribution is 2.47. The number of hydrogen-bond acceptors (Lipinski definition) is 4. The monoisotopic (exact) mass is 422 g/mol. The van der Waals surface area contributed by atoms with Gasteiger partial charge in [0, 0.05) is 23.5 Å². The zero-order chi connectivity index (χ0) is 18.1. The van der Waals surface area contributed by atoms with Gasteiger partial charge < -0.3 is 16.4 Å². The minimum atomic E-state index is -0.217. The summed E-state index contributed by atoms with van der Waals surface area (Å²) in [6.45, 7) is 0. The lowest BCUT2D eigenvalue weighted by Gasteiger charge is -2.27. The quantitative estimate of drug-likeness (QED) is 0.701. The number of nitrogens with one attached hydrogen (secondary N) is 2. The number of benzene rings is 1. The normalized spacial score (nSPS) is 24.6. The topological polar surface area (TPSA) is 97.1 Å². The van der Waals surface area contributed by atoms with Crippen LogP contribution in [0.1, 0.15) is 29.6 Å². The lowest BCUT2D eigenvalue weighted by atomic mass is 9.84. The number of carbonyl (C=O) groups is 2. The van der Waals surface area contributed by atoms with E-state index in [2.05, 4.69) is 15.6 Å². The number of nitrogens with zero attached hydrogens (tertiary/aromatic N) is 1. The molecule has 2 aliphatic carbocycles. The largest absolute Gasteiger partial charge is 0.327 e. The van der Waals surface area contributed by atoms with E-state index in [0.717, 1.165) is 19.3 Å². The van der Waals surface area contributed by atoms with E-state index in [0.29, 0.717) is 28.8 Å². The van der Waals surface area contributed by atoms with Gasteiger partial charge in [0.1, 0.15) is 0 Å². The molecule has 2 bridgehead atoms. The smallest absolute Gasteiger partial charge is 0.255 e. The maximum atomic E-state index is 12.6. The predicted octanol–water partition coefficient (Wildman–Crippen LogP) is 3.49. The van der Waals surface area contributed by atoms with Crippen molar-refractivity contribution in [2.75, 3.05) is 10.6 Å². The van der Waals surface area contributed by atoms with E-state index in [1.807, 2.05) is 0 Å². The maximum absolute atomic E-state index is 12.6. The van der Waals surface area contributed by atoms with Crippen LogP contribution >= 0.6 is 24.8 Å². The number of amides is 2. The van der Waals surface area contributed by atoms with E-state index >= 15 is 0 Å². The molecule has 2 aliphatic rings. The Bertz CT molecular complexity index is 815. The van der Waals surface area contributed by atoms with Crippen LogP contribution in [-0.4, -0.2) is 22.8 Å². The van der Waals surface area contributed by atoms with Gasteiger partial charge in [-0.1, -0.05) is 0 Å². The second-order valence-electron chi connectivity index (χ2n) is 7.20. The van der Waals surface area contributed by atoms with Crippen molar-refractivity contribution in [1.29, 1.82) is 0 Å². The summed E-state index contributed by atoms with van der Waals surface area (Å²) in [5.74, 6) is 0.597. The molecule has 2 aromatic rings. The molecule has 8 heteroatoms. The number of halogens is 2. The van der Waals surface area contributed by atoms with Crippen molar-refractivity contribution in [2.24, 2.45) is 23.5 Å². The molecule has 2 amide bonds. The van der Waals surface area contributed by atoms with Gasteiger partial charge in [-0.3, -0.25) is 14.6 Å². The van der Waals surface area contributed by atoms with Crippen LogP contribution in [0, 0.1) is 17.8 Å². The number of anilines is 2. The summed E-state index contributed by atoms with van der Waals surface area (Å²) in [6, 6.07) is 10.4. The fraction of sp³-hybridized carbons (Fsp3) is 0.350. The number of carbonyl (C=O) groups excluding carboxylic acids is 2. The lowest BCUT2D eigenvalue weighted by Crippen LogP contribution is -2.42. The first-order chi connectivity index (χ1) is 12.6. The molecule has 2 fully saturated rings. The van der Waals surface area contributed by atoms with Crippen molar-refractivity contribution < 1.29 is 9.59 Å². The van der Waals surface area contributed by atoms with Gasteiger partial charge in [0.15, 0.2) is 0 Å². The third-order valence-corrected chi connectivity index (χ3v) is 5.62. The van der Waals surface area contributed by atoms with Crippen LogP contribution in [0.25, 0.3) is 0 Å². The standard InChI is InChI=1S/C20H22N4O2.2ClH/c21-18-14-4-3-13(10-14)17(18)20(26)23-15-7-5-12(6-8-15)19(25)24-16-2-1-9-22-11-16;;/h1-2,5-9,11,13-14,17-18H,3-4,10,21H2,(H,23,26)(H,24,25);2*1H. The summed E-state index contributed by atoms with van der Waals surface area (Å²) in [7, 11) is 0. The molecule has 0 spiro atoms. The Hall–Kier alpha value is -2.15. The second kappa shape index (κ2) is 9.37. The molecule has 6 nitrogen and oxygen atoms in total. The van der Waals surface area contributed by atoms with Crippen LogP contribution in [0.5, 0.6) is 0 Å². The Labute approximate surface area is 176 Å². The fourth-order valence-electron chi connectivity index (χ4n) is 4.30. The fourth-order valence-corrected chi connectivity index (χ4v) is 4.30. The van der Waals surface area contributed by atoms with Crippen molar-refractivity contribution in [1.82, 2.24) is 4.98 Å². The van der Waals surface area contributed by atoms with Crippen LogP contribution in [0.2, 0.25) is 0 Å². The van der Waals surface area contributed by atoms with E-state index in [-0.39, 0.29) is 48.6 Å². The van der Waals surface area contributed by atoms with Crippen LogP contribution in [0.15, 0.2) is 48.8 Å². The Morgan fingerprint density at radius 1 is 0.964 bits per heavy atom. The molecule has 0 radical (unpaired) electrons. The average molecular weight is 423 g/mol. The van der Waals surface area contributed by atoms with Crippen molar-refractivity contribution in [3.63, 3.8) is 0 Å². The first kappa shape index (κ1) is 22.1. The molecule has 0 aliphatic heterocycles. The van der Waals surface area contributed by atoms with E-state index in [1.54, 1.807) is 48.8 Å². The molecule has 0 saturated heterocycles. The molecule has 2 saturated carbocycles. The maximum Gasteiger partial charge on any atom is 0.255 e. The molecule has 1 aromatic heterocycles. The zero-order valence-corrected chi connectivity index (χ0v) is 16.8. The van der Waals surface area contributed by atoms with Crippen molar-refractivity contribution in [3.05, 3.63) is 54.4 Å². The first-order valence-corrected chi connectivity index (χ1v) is 9.00. The van der Waals surface area contributed by atoms with Gasteiger partial charge in [-0.25, -0.2) is 0 Å². The number of rotatable bonds is 4. The van der Waals surface area contributed by atoms with Crippen molar-refractivity contribution in [3.8, 4) is 0 Å². The molecule has 4 atom stereocenters. The summed E-state index contributed by atoms with van der Waals surface area (Å²) in [4.78, 5) is 28.8.